The normalized spacial score (nSPS) is 27.6. The molecule has 0 radical (unpaired) electrons. The summed E-state index contributed by atoms with van der Waals surface area (Å²) in [5, 5.41) is 0. The molecule has 0 bridgehead atoms. The van der Waals surface area contributed by atoms with Gasteiger partial charge in [0.15, 0.2) is 0 Å². The first-order valence-electron chi connectivity index (χ1n) is 6.23. The van der Waals surface area contributed by atoms with Gasteiger partial charge in [0.25, 0.3) is 0 Å². The molecule has 0 N–H and O–H groups in total. The highest BCUT2D eigenvalue weighted by Crippen LogP contribution is 2.43. The van der Waals surface area contributed by atoms with Crippen molar-refractivity contribution in [2.24, 2.45) is 11.3 Å². The molecular weight excluding hydrogens is 184 g/mol. The minimum absolute atomic E-state index is 0.371. The van der Waals surface area contributed by atoms with Crippen molar-refractivity contribution in [3.8, 4) is 0 Å². The van der Waals surface area contributed by atoms with Gasteiger partial charge in [-0.25, -0.2) is 4.90 Å². The summed E-state index contributed by atoms with van der Waals surface area (Å²) in [6.07, 6.45) is 0. The molecular formula is C13H27N2+. The van der Waals surface area contributed by atoms with Crippen LogP contribution >= 0.6 is 0 Å². The highest BCUT2D eigenvalue weighted by molar-refractivity contribution is 4.85. The van der Waals surface area contributed by atoms with Crippen LogP contribution in [0.5, 0.6) is 0 Å². The van der Waals surface area contributed by atoms with E-state index in [4.69, 9.17) is 0 Å². The monoisotopic (exact) mass is 211 g/mol. The Morgan fingerprint density at radius 2 is 1.40 bits per heavy atom. The minimum atomic E-state index is 0.371. The Kier molecular flexibility index (Phi) is 2.27. The van der Waals surface area contributed by atoms with Gasteiger partial charge in [-0.3, -0.25) is 4.48 Å². The van der Waals surface area contributed by atoms with Crippen molar-refractivity contribution in [3.63, 3.8) is 0 Å². The summed E-state index contributed by atoms with van der Waals surface area (Å²) < 4.78 is 1.37. The zero-order valence-corrected chi connectivity index (χ0v) is 11.3. The minimum Gasteiger partial charge on any atom is -0.297 e. The standard InChI is InChI=1S/C13H27N2/c1-12(2,3)11-7-15(8-11)9-14(10-15)13(4,5)6/h11H,7-10H2,1-6H3/q+1. The third-order valence-corrected chi connectivity index (χ3v) is 4.33. The van der Waals surface area contributed by atoms with E-state index in [0.29, 0.717) is 11.0 Å². The van der Waals surface area contributed by atoms with Crippen LogP contribution in [0.25, 0.3) is 0 Å². The second-order valence-corrected chi connectivity index (χ2v) is 7.76. The van der Waals surface area contributed by atoms with Crippen LogP contribution in [0, 0.1) is 11.3 Å². The Labute approximate surface area is 94.8 Å². The van der Waals surface area contributed by atoms with Gasteiger partial charge < -0.3 is 0 Å². The molecule has 0 aromatic heterocycles. The van der Waals surface area contributed by atoms with E-state index >= 15 is 0 Å². The summed E-state index contributed by atoms with van der Waals surface area (Å²) in [6.45, 7) is 19.5. The quantitative estimate of drug-likeness (QED) is 0.557. The number of rotatable bonds is 0. The number of hydrogen-bond donors (Lipinski definition) is 0. The third-order valence-electron chi connectivity index (χ3n) is 4.33. The van der Waals surface area contributed by atoms with Crippen LogP contribution in [0.3, 0.4) is 0 Å². The van der Waals surface area contributed by atoms with Gasteiger partial charge in [0.1, 0.15) is 13.3 Å². The van der Waals surface area contributed by atoms with Gasteiger partial charge in [0, 0.05) is 5.54 Å². The van der Waals surface area contributed by atoms with E-state index in [1.54, 1.807) is 0 Å². The zero-order chi connectivity index (χ0) is 11.5. The van der Waals surface area contributed by atoms with Gasteiger partial charge in [0.05, 0.1) is 19.0 Å². The molecule has 15 heavy (non-hydrogen) atoms. The smallest absolute Gasteiger partial charge is 0.140 e. The van der Waals surface area contributed by atoms with Crippen molar-refractivity contribution >= 4 is 0 Å². The van der Waals surface area contributed by atoms with Gasteiger partial charge in [-0.1, -0.05) is 20.8 Å². The molecule has 0 aliphatic carbocycles. The molecule has 2 rings (SSSR count). The van der Waals surface area contributed by atoms with Gasteiger partial charge >= 0.3 is 0 Å². The Morgan fingerprint density at radius 3 is 1.73 bits per heavy atom. The molecule has 0 amide bonds. The molecule has 2 aliphatic rings. The Bertz CT molecular complexity index is 213. The molecule has 0 unspecified atom stereocenters. The van der Waals surface area contributed by atoms with Gasteiger partial charge in [-0.15, -0.1) is 0 Å². The van der Waals surface area contributed by atoms with Crippen molar-refractivity contribution in [1.29, 1.82) is 0 Å². The van der Waals surface area contributed by atoms with Crippen LogP contribution in [-0.2, 0) is 0 Å². The van der Waals surface area contributed by atoms with Crippen LogP contribution in [0.1, 0.15) is 41.5 Å². The van der Waals surface area contributed by atoms with Crippen LogP contribution in [0.15, 0.2) is 0 Å². The van der Waals surface area contributed by atoms with Gasteiger partial charge in [0.2, 0.25) is 0 Å². The highest BCUT2D eigenvalue weighted by atomic mass is 15.6. The fourth-order valence-corrected chi connectivity index (χ4v) is 2.77. The molecule has 2 heteroatoms. The van der Waals surface area contributed by atoms with Crippen LogP contribution in [0.2, 0.25) is 0 Å². The Hall–Kier alpha value is -0.0800. The van der Waals surface area contributed by atoms with E-state index in [-0.39, 0.29) is 0 Å². The van der Waals surface area contributed by atoms with Crippen LogP contribution in [-0.4, -0.2) is 41.3 Å². The summed E-state index contributed by atoms with van der Waals surface area (Å²) in [4.78, 5) is 2.60. The zero-order valence-electron chi connectivity index (χ0n) is 11.3. The average molecular weight is 211 g/mol. The first-order valence-corrected chi connectivity index (χ1v) is 6.23. The van der Waals surface area contributed by atoms with E-state index in [2.05, 4.69) is 46.4 Å². The Balaban J connectivity index is 1.83. The summed E-state index contributed by atoms with van der Waals surface area (Å²) in [7, 11) is 0. The lowest BCUT2D eigenvalue weighted by Gasteiger charge is -2.64. The molecule has 2 fully saturated rings. The largest absolute Gasteiger partial charge is 0.297 e. The maximum Gasteiger partial charge on any atom is 0.140 e. The Morgan fingerprint density at radius 1 is 0.933 bits per heavy atom. The molecule has 2 saturated heterocycles. The highest BCUT2D eigenvalue weighted by Gasteiger charge is 2.57. The van der Waals surface area contributed by atoms with Crippen molar-refractivity contribution in [2.45, 2.75) is 47.1 Å². The first-order chi connectivity index (χ1) is 6.62. The molecule has 0 saturated carbocycles. The van der Waals surface area contributed by atoms with Gasteiger partial charge in [-0.2, -0.15) is 0 Å². The van der Waals surface area contributed by atoms with Crippen molar-refractivity contribution in [1.82, 2.24) is 4.90 Å². The lowest BCUT2D eigenvalue weighted by atomic mass is 9.74. The van der Waals surface area contributed by atoms with Crippen molar-refractivity contribution in [2.75, 3.05) is 26.4 Å². The lowest BCUT2D eigenvalue weighted by Crippen LogP contribution is -2.81. The fourth-order valence-electron chi connectivity index (χ4n) is 2.77. The number of quaternary nitrogens is 1. The van der Waals surface area contributed by atoms with Crippen LogP contribution < -0.4 is 0 Å². The second-order valence-electron chi connectivity index (χ2n) is 7.76. The summed E-state index contributed by atoms with van der Waals surface area (Å²) in [5.74, 6) is 0.944. The van der Waals surface area contributed by atoms with E-state index in [1.807, 2.05) is 0 Å². The third kappa shape index (κ3) is 1.94. The van der Waals surface area contributed by atoms with E-state index in [0.717, 1.165) is 5.92 Å². The lowest BCUT2D eigenvalue weighted by molar-refractivity contribution is -1.04. The van der Waals surface area contributed by atoms with E-state index < -0.39 is 0 Å². The molecule has 88 valence electrons. The molecule has 2 heterocycles. The number of nitrogens with zero attached hydrogens (tertiary/aromatic N) is 2. The van der Waals surface area contributed by atoms with Crippen LogP contribution in [0.4, 0.5) is 0 Å². The molecule has 2 nitrogen and oxygen atoms in total. The van der Waals surface area contributed by atoms with E-state index in [1.165, 1.54) is 30.9 Å². The number of hydrogen-bond acceptors (Lipinski definition) is 1. The predicted octanol–water partition coefficient (Wildman–Crippen LogP) is 2.51. The average Bonchev–Trinajstić information content (AvgIpc) is 1.71. The van der Waals surface area contributed by atoms with Crippen molar-refractivity contribution in [3.05, 3.63) is 0 Å². The molecule has 0 aromatic rings. The predicted molar refractivity (Wildman–Crippen MR) is 64.3 cm³/mol. The summed E-state index contributed by atoms with van der Waals surface area (Å²) in [5.41, 5.74) is 0.891. The molecule has 1 spiro atoms. The molecule has 0 atom stereocenters. The van der Waals surface area contributed by atoms with Crippen molar-refractivity contribution < 1.29 is 4.48 Å². The topological polar surface area (TPSA) is 3.24 Å². The summed E-state index contributed by atoms with van der Waals surface area (Å²) in [6, 6.07) is 0. The second kappa shape index (κ2) is 2.98. The van der Waals surface area contributed by atoms with Gasteiger partial charge in [-0.05, 0) is 26.2 Å². The first kappa shape index (κ1) is 11.4. The molecule has 0 aromatic carbocycles. The summed E-state index contributed by atoms with van der Waals surface area (Å²) >= 11 is 0. The maximum absolute atomic E-state index is 2.60. The SMILES string of the molecule is CC(C)(C)C1C[N+]2(C1)CN(C(C)(C)C)C2. The molecule has 2 aliphatic heterocycles. The maximum atomic E-state index is 2.60. The fraction of sp³-hybridized carbons (Fsp3) is 1.00. The van der Waals surface area contributed by atoms with E-state index in [9.17, 15) is 0 Å².